The second-order valence-electron chi connectivity index (χ2n) is 4.14. The summed E-state index contributed by atoms with van der Waals surface area (Å²) in [4.78, 5) is 11.5. The van der Waals surface area contributed by atoms with E-state index in [-0.39, 0.29) is 25.0 Å². The summed E-state index contributed by atoms with van der Waals surface area (Å²) in [5.74, 6) is 0.0432. The van der Waals surface area contributed by atoms with Crippen molar-refractivity contribution in [3.63, 3.8) is 0 Å². The van der Waals surface area contributed by atoms with E-state index in [0.717, 1.165) is 6.42 Å². The molecule has 0 aromatic heterocycles. The monoisotopic (exact) mass is 218 g/mol. The number of carbonyl (C=O) groups is 1. The molecule has 5 N–H and O–H groups in total. The Hall–Kier alpha value is -0.650. The quantitative estimate of drug-likeness (QED) is 0.444. The Bertz CT molecular complexity index is 186. The Kier molecular flexibility index (Phi) is 7.29. The SMILES string of the molecule is CC(C)CC(CN)C(=O)NCC(O)CO. The van der Waals surface area contributed by atoms with Gasteiger partial charge in [-0.05, 0) is 12.3 Å². The van der Waals surface area contributed by atoms with Crippen molar-refractivity contribution in [2.75, 3.05) is 19.7 Å². The zero-order chi connectivity index (χ0) is 11.8. The average Bonchev–Trinajstić information content (AvgIpc) is 2.21. The molecule has 0 aliphatic heterocycles. The van der Waals surface area contributed by atoms with Gasteiger partial charge < -0.3 is 21.3 Å². The van der Waals surface area contributed by atoms with E-state index in [2.05, 4.69) is 5.32 Å². The molecule has 0 aromatic carbocycles. The van der Waals surface area contributed by atoms with Gasteiger partial charge in [-0.2, -0.15) is 0 Å². The van der Waals surface area contributed by atoms with Gasteiger partial charge in [-0.1, -0.05) is 13.8 Å². The number of aliphatic hydroxyl groups is 2. The van der Waals surface area contributed by atoms with Crippen molar-refractivity contribution in [1.82, 2.24) is 5.32 Å². The molecule has 90 valence electrons. The van der Waals surface area contributed by atoms with Crippen molar-refractivity contribution >= 4 is 5.91 Å². The van der Waals surface area contributed by atoms with E-state index < -0.39 is 6.10 Å². The van der Waals surface area contributed by atoms with Gasteiger partial charge in [0.05, 0.1) is 18.6 Å². The van der Waals surface area contributed by atoms with Gasteiger partial charge in [-0.15, -0.1) is 0 Å². The molecular formula is C10H22N2O3. The van der Waals surface area contributed by atoms with Crippen molar-refractivity contribution in [1.29, 1.82) is 0 Å². The molecule has 15 heavy (non-hydrogen) atoms. The minimum absolute atomic E-state index is 0.0733. The predicted octanol–water partition coefficient (Wildman–Crippen LogP) is -0.923. The summed E-state index contributed by atoms with van der Waals surface area (Å²) >= 11 is 0. The van der Waals surface area contributed by atoms with Gasteiger partial charge in [0.2, 0.25) is 5.91 Å². The van der Waals surface area contributed by atoms with E-state index in [4.69, 9.17) is 15.9 Å². The third kappa shape index (κ3) is 6.43. The largest absolute Gasteiger partial charge is 0.394 e. The fraction of sp³-hybridized carbons (Fsp3) is 0.900. The van der Waals surface area contributed by atoms with Gasteiger partial charge in [0.15, 0.2) is 0 Å². The van der Waals surface area contributed by atoms with Gasteiger partial charge in [-0.25, -0.2) is 0 Å². The van der Waals surface area contributed by atoms with Crippen LogP contribution < -0.4 is 11.1 Å². The number of hydrogen-bond donors (Lipinski definition) is 4. The Morgan fingerprint density at radius 1 is 1.47 bits per heavy atom. The summed E-state index contributed by atoms with van der Waals surface area (Å²) in [5, 5.41) is 20.2. The first kappa shape index (κ1) is 14.3. The molecule has 5 heteroatoms. The molecule has 0 spiro atoms. The van der Waals surface area contributed by atoms with Crippen LogP contribution in [0.3, 0.4) is 0 Å². The number of carbonyl (C=O) groups excluding carboxylic acids is 1. The van der Waals surface area contributed by atoms with Crippen LogP contribution in [-0.2, 0) is 4.79 Å². The third-order valence-corrected chi connectivity index (χ3v) is 2.13. The maximum atomic E-state index is 11.5. The molecule has 2 unspecified atom stereocenters. The van der Waals surface area contributed by atoms with Crippen LogP contribution in [0.25, 0.3) is 0 Å². The van der Waals surface area contributed by atoms with Crippen molar-refractivity contribution in [2.24, 2.45) is 17.6 Å². The van der Waals surface area contributed by atoms with E-state index in [1.54, 1.807) is 0 Å². The highest BCUT2D eigenvalue weighted by atomic mass is 16.3. The number of rotatable bonds is 7. The summed E-state index contributed by atoms with van der Waals surface area (Å²) in [6.45, 7) is 4.08. The molecule has 5 nitrogen and oxygen atoms in total. The lowest BCUT2D eigenvalue weighted by Gasteiger charge is -2.17. The van der Waals surface area contributed by atoms with Crippen LogP contribution in [0, 0.1) is 11.8 Å². The number of hydrogen-bond acceptors (Lipinski definition) is 4. The lowest BCUT2D eigenvalue weighted by molar-refractivity contribution is -0.125. The Morgan fingerprint density at radius 3 is 2.47 bits per heavy atom. The molecule has 0 bridgehead atoms. The fourth-order valence-corrected chi connectivity index (χ4v) is 1.31. The Morgan fingerprint density at radius 2 is 2.07 bits per heavy atom. The lowest BCUT2D eigenvalue weighted by Crippen LogP contribution is -2.40. The smallest absolute Gasteiger partial charge is 0.224 e. The van der Waals surface area contributed by atoms with Crippen molar-refractivity contribution in [2.45, 2.75) is 26.4 Å². The summed E-state index contributed by atoms with van der Waals surface area (Å²) in [6.07, 6.45) is -0.163. The van der Waals surface area contributed by atoms with Crippen LogP contribution in [0.1, 0.15) is 20.3 Å². The molecule has 0 saturated heterocycles. The van der Waals surface area contributed by atoms with E-state index >= 15 is 0 Å². The molecule has 0 aliphatic rings. The topological polar surface area (TPSA) is 95.6 Å². The number of amides is 1. The third-order valence-electron chi connectivity index (χ3n) is 2.13. The molecular weight excluding hydrogens is 196 g/mol. The zero-order valence-corrected chi connectivity index (χ0v) is 9.44. The van der Waals surface area contributed by atoms with Gasteiger partial charge in [0.1, 0.15) is 0 Å². The summed E-state index contributed by atoms with van der Waals surface area (Å²) < 4.78 is 0. The molecule has 1 amide bonds. The highest BCUT2D eigenvalue weighted by Gasteiger charge is 2.18. The minimum Gasteiger partial charge on any atom is -0.394 e. The van der Waals surface area contributed by atoms with Crippen molar-refractivity contribution in [3.05, 3.63) is 0 Å². The average molecular weight is 218 g/mol. The molecule has 0 aliphatic carbocycles. The number of nitrogens with one attached hydrogen (secondary N) is 1. The molecule has 0 fully saturated rings. The van der Waals surface area contributed by atoms with Crippen LogP contribution in [0.15, 0.2) is 0 Å². The van der Waals surface area contributed by atoms with Gasteiger partial charge >= 0.3 is 0 Å². The molecule has 0 rings (SSSR count). The fourth-order valence-electron chi connectivity index (χ4n) is 1.31. The van der Waals surface area contributed by atoms with Crippen LogP contribution in [0.5, 0.6) is 0 Å². The molecule has 0 radical (unpaired) electrons. The summed E-state index contributed by atoms with van der Waals surface area (Å²) in [5.41, 5.74) is 5.49. The number of aliphatic hydroxyl groups excluding tert-OH is 2. The molecule has 0 saturated carbocycles. The molecule has 0 aromatic rings. The molecule has 2 atom stereocenters. The lowest BCUT2D eigenvalue weighted by atomic mass is 9.96. The van der Waals surface area contributed by atoms with Crippen LogP contribution in [0.4, 0.5) is 0 Å². The highest BCUT2D eigenvalue weighted by Crippen LogP contribution is 2.10. The van der Waals surface area contributed by atoms with Crippen LogP contribution in [-0.4, -0.2) is 41.9 Å². The molecule has 0 heterocycles. The first-order chi connectivity index (χ1) is 7.01. The van der Waals surface area contributed by atoms with Crippen LogP contribution >= 0.6 is 0 Å². The Balaban J connectivity index is 3.93. The van der Waals surface area contributed by atoms with Gasteiger partial charge in [0, 0.05) is 13.1 Å². The second-order valence-corrected chi connectivity index (χ2v) is 4.14. The van der Waals surface area contributed by atoms with Gasteiger partial charge in [-0.3, -0.25) is 4.79 Å². The standard InChI is InChI=1S/C10H22N2O3/c1-7(2)3-8(4-11)10(15)12-5-9(14)6-13/h7-9,13-14H,3-6,11H2,1-2H3,(H,12,15). The predicted molar refractivity (Wildman–Crippen MR) is 58.1 cm³/mol. The maximum absolute atomic E-state index is 11.5. The summed E-state index contributed by atoms with van der Waals surface area (Å²) in [7, 11) is 0. The van der Waals surface area contributed by atoms with Gasteiger partial charge in [0.25, 0.3) is 0 Å². The first-order valence-electron chi connectivity index (χ1n) is 5.27. The number of nitrogens with two attached hydrogens (primary N) is 1. The minimum atomic E-state index is -0.897. The van der Waals surface area contributed by atoms with E-state index in [0.29, 0.717) is 12.5 Å². The van der Waals surface area contributed by atoms with Crippen LogP contribution in [0.2, 0.25) is 0 Å². The first-order valence-corrected chi connectivity index (χ1v) is 5.27. The zero-order valence-electron chi connectivity index (χ0n) is 9.44. The highest BCUT2D eigenvalue weighted by molar-refractivity contribution is 5.78. The Labute approximate surface area is 90.7 Å². The second kappa shape index (κ2) is 7.62. The van der Waals surface area contributed by atoms with Crippen molar-refractivity contribution < 1.29 is 15.0 Å². The van der Waals surface area contributed by atoms with E-state index in [1.165, 1.54) is 0 Å². The normalized spacial score (nSPS) is 15.1. The van der Waals surface area contributed by atoms with E-state index in [9.17, 15) is 4.79 Å². The maximum Gasteiger partial charge on any atom is 0.224 e. The van der Waals surface area contributed by atoms with Crippen molar-refractivity contribution in [3.8, 4) is 0 Å². The van der Waals surface area contributed by atoms with E-state index in [1.807, 2.05) is 13.8 Å². The summed E-state index contributed by atoms with van der Waals surface area (Å²) in [6, 6.07) is 0.